The number of carbonyl (C=O) groups excluding carboxylic acids is 1. The lowest BCUT2D eigenvalue weighted by Gasteiger charge is -2.07. The predicted octanol–water partition coefficient (Wildman–Crippen LogP) is 3.22. The van der Waals surface area contributed by atoms with Crippen molar-refractivity contribution >= 4 is 34.8 Å². The minimum absolute atomic E-state index is 0.0324. The first-order chi connectivity index (χ1) is 11.2. The Morgan fingerprint density at radius 1 is 1.38 bits per heavy atom. The van der Waals surface area contributed by atoms with E-state index in [9.17, 15) is 14.9 Å². The molecule has 0 saturated heterocycles. The maximum atomic E-state index is 12.2. The van der Waals surface area contributed by atoms with Gasteiger partial charge in [-0.2, -0.15) is 5.10 Å². The lowest BCUT2D eigenvalue weighted by Crippen LogP contribution is -2.26. The quantitative estimate of drug-likeness (QED) is 0.646. The first-order valence-corrected chi connectivity index (χ1v) is 7.88. The summed E-state index contributed by atoms with van der Waals surface area (Å²) in [5.41, 5.74) is 2.71. The van der Waals surface area contributed by atoms with Crippen LogP contribution in [-0.2, 0) is 13.5 Å². The molecule has 0 saturated carbocycles. The minimum Gasteiger partial charge on any atom is -0.352 e. The molecule has 0 aliphatic rings. The SMILES string of the molecule is Cc1nn(C)c(C)c1CCNC(=O)c1cc(Cl)c(Cl)c([N+](=O)[O-])c1. The summed E-state index contributed by atoms with van der Waals surface area (Å²) in [7, 11) is 1.86. The number of amides is 1. The third-order valence-electron chi connectivity index (χ3n) is 3.79. The van der Waals surface area contributed by atoms with Gasteiger partial charge in [0.2, 0.25) is 0 Å². The highest BCUT2D eigenvalue weighted by Crippen LogP contribution is 2.33. The Morgan fingerprint density at radius 3 is 2.58 bits per heavy atom. The zero-order valence-corrected chi connectivity index (χ0v) is 14.9. The maximum Gasteiger partial charge on any atom is 0.290 e. The first-order valence-electron chi connectivity index (χ1n) is 7.13. The fourth-order valence-electron chi connectivity index (χ4n) is 2.42. The van der Waals surface area contributed by atoms with Gasteiger partial charge in [0, 0.05) is 30.9 Å². The van der Waals surface area contributed by atoms with Crippen LogP contribution >= 0.6 is 23.2 Å². The molecule has 24 heavy (non-hydrogen) atoms. The molecule has 0 unspecified atom stereocenters. The Bertz CT molecular complexity index is 818. The number of nitro benzene ring substituents is 1. The zero-order chi connectivity index (χ0) is 18.0. The molecular formula is C15H16Cl2N4O3. The maximum absolute atomic E-state index is 12.2. The molecule has 0 radical (unpaired) electrons. The number of aromatic nitrogens is 2. The van der Waals surface area contributed by atoms with Gasteiger partial charge in [0.15, 0.2) is 0 Å². The van der Waals surface area contributed by atoms with E-state index in [4.69, 9.17) is 23.2 Å². The largest absolute Gasteiger partial charge is 0.352 e. The van der Waals surface area contributed by atoms with Gasteiger partial charge in [0.05, 0.1) is 15.6 Å². The first kappa shape index (κ1) is 18.2. The Morgan fingerprint density at radius 2 is 2.04 bits per heavy atom. The molecule has 1 N–H and O–H groups in total. The Hall–Kier alpha value is -2.12. The number of aryl methyl sites for hydroxylation is 2. The number of hydrogen-bond donors (Lipinski definition) is 1. The molecule has 9 heteroatoms. The van der Waals surface area contributed by atoms with E-state index in [0.717, 1.165) is 23.0 Å². The zero-order valence-electron chi connectivity index (χ0n) is 13.4. The van der Waals surface area contributed by atoms with E-state index in [1.165, 1.54) is 6.07 Å². The van der Waals surface area contributed by atoms with Gasteiger partial charge in [0.25, 0.3) is 11.6 Å². The Balaban J connectivity index is 2.09. The van der Waals surface area contributed by atoms with Gasteiger partial charge in [-0.3, -0.25) is 19.6 Å². The molecular weight excluding hydrogens is 355 g/mol. The molecule has 2 aromatic rings. The second kappa shape index (κ2) is 7.19. The second-order valence-corrected chi connectivity index (χ2v) is 6.11. The second-order valence-electron chi connectivity index (χ2n) is 5.33. The van der Waals surface area contributed by atoms with E-state index in [0.29, 0.717) is 13.0 Å². The molecule has 0 atom stereocenters. The van der Waals surface area contributed by atoms with Crippen molar-refractivity contribution in [2.75, 3.05) is 6.54 Å². The molecule has 0 spiro atoms. The Labute approximate surface area is 148 Å². The lowest BCUT2D eigenvalue weighted by molar-refractivity contribution is -0.384. The van der Waals surface area contributed by atoms with Crippen LogP contribution in [-0.4, -0.2) is 27.2 Å². The van der Waals surface area contributed by atoms with Crippen LogP contribution in [0.1, 0.15) is 27.3 Å². The van der Waals surface area contributed by atoms with Gasteiger partial charge in [-0.1, -0.05) is 23.2 Å². The van der Waals surface area contributed by atoms with Gasteiger partial charge in [-0.15, -0.1) is 0 Å². The van der Waals surface area contributed by atoms with Crippen LogP contribution in [0.2, 0.25) is 10.0 Å². The van der Waals surface area contributed by atoms with Gasteiger partial charge in [-0.05, 0) is 31.9 Å². The predicted molar refractivity (Wildman–Crippen MR) is 91.8 cm³/mol. The highest BCUT2D eigenvalue weighted by atomic mass is 35.5. The third kappa shape index (κ3) is 3.68. The standard InChI is InChI=1S/C15H16Cl2N4O3/c1-8-11(9(2)20(3)19-8)4-5-18-15(22)10-6-12(16)14(17)13(7-10)21(23)24/h6-7H,4-5H2,1-3H3,(H,18,22). The summed E-state index contributed by atoms with van der Waals surface area (Å²) >= 11 is 11.6. The van der Waals surface area contributed by atoms with Crippen molar-refractivity contribution in [3.8, 4) is 0 Å². The topological polar surface area (TPSA) is 90.1 Å². The number of halogens is 2. The molecule has 0 aliphatic carbocycles. The summed E-state index contributed by atoms with van der Waals surface area (Å²) in [6, 6.07) is 2.43. The summed E-state index contributed by atoms with van der Waals surface area (Å²) in [6.45, 7) is 4.24. The van der Waals surface area contributed by atoms with Crippen LogP contribution < -0.4 is 5.32 Å². The van der Waals surface area contributed by atoms with Gasteiger partial charge >= 0.3 is 0 Å². The monoisotopic (exact) mass is 370 g/mol. The van der Waals surface area contributed by atoms with Crippen molar-refractivity contribution in [1.29, 1.82) is 0 Å². The molecule has 0 aliphatic heterocycles. The van der Waals surface area contributed by atoms with Crippen molar-refractivity contribution in [3.63, 3.8) is 0 Å². The summed E-state index contributed by atoms with van der Waals surface area (Å²) < 4.78 is 1.79. The van der Waals surface area contributed by atoms with E-state index >= 15 is 0 Å². The van der Waals surface area contributed by atoms with Crippen LogP contribution in [0.5, 0.6) is 0 Å². The molecule has 1 aromatic heterocycles. The molecule has 7 nitrogen and oxygen atoms in total. The van der Waals surface area contributed by atoms with Crippen molar-refractivity contribution in [2.24, 2.45) is 7.05 Å². The van der Waals surface area contributed by atoms with Gasteiger partial charge in [-0.25, -0.2) is 0 Å². The molecule has 2 rings (SSSR count). The highest BCUT2D eigenvalue weighted by molar-refractivity contribution is 6.43. The molecule has 0 fully saturated rings. The average Bonchev–Trinajstić information content (AvgIpc) is 2.75. The number of benzene rings is 1. The lowest BCUT2D eigenvalue weighted by atomic mass is 10.1. The fourth-order valence-corrected chi connectivity index (χ4v) is 2.81. The molecule has 1 aromatic carbocycles. The average molecular weight is 371 g/mol. The van der Waals surface area contributed by atoms with Crippen LogP contribution in [0.3, 0.4) is 0 Å². The van der Waals surface area contributed by atoms with Crippen molar-refractivity contribution in [1.82, 2.24) is 15.1 Å². The number of carbonyl (C=O) groups is 1. The smallest absolute Gasteiger partial charge is 0.290 e. The Kier molecular flexibility index (Phi) is 5.46. The van der Waals surface area contributed by atoms with Crippen molar-refractivity contribution in [3.05, 3.63) is 54.8 Å². The molecule has 1 amide bonds. The minimum atomic E-state index is -0.673. The fraction of sp³-hybridized carbons (Fsp3) is 0.333. The van der Waals surface area contributed by atoms with Crippen LogP contribution in [0, 0.1) is 24.0 Å². The number of nitrogens with zero attached hydrogens (tertiary/aromatic N) is 3. The van der Waals surface area contributed by atoms with Crippen molar-refractivity contribution < 1.29 is 9.72 Å². The number of hydrogen-bond acceptors (Lipinski definition) is 4. The van der Waals surface area contributed by atoms with Crippen LogP contribution in [0.15, 0.2) is 12.1 Å². The number of rotatable bonds is 5. The molecule has 1 heterocycles. The van der Waals surface area contributed by atoms with Crippen molar-refractivity contribution in [2.45, 2.75) is 20.3 Å². The van der Waals surface area contributed by atoms with Crippen LogP contribution in [0.4, 0.5) is 5.69 Å². The van der Waals surface area contributed by atoms with E-state index in [-0.39, 0.29) is 15.6 Å². The summed E-state index contributed by atoms with van der Waals surface area (Å²) in [5.74, 6) is -0.448. The number of nitrogens with one attached hydrogen (secondary N) is 1. The highest BCUT2D eigenvalue weighted by Gasteiger charge is 2.20. The summed E-state index contributed by atoms with van der Waals surface area (Å²) in [4.78, 5) is 22.5. The van der Waals surface area contributed by atoms with E-state index in [2.05, 4.69) is 10.4 Å². The summed E-state index contributed by atoms with van der Waals surface area (Å²) in [5, 5.41) is 17.8. The molecule has 0 bridgehead atoms. The number of nitro groups is 1. The normalized spacial score (nSPS) is 10.7. The van der Waals surface area contributed by atoms with Gasteiger partial charge in [0.1, 0.15) is 5.02 Å². The van der Waals surface area contributed by atoms with E-state index < -0.39 is 16.5 Å². The summed E-state index contributed by atoms with van der Waals surface area (Å²) in [6.07, 6.45) is 0.612. The molecule has 128 valence electrons. The van der Waals surface area contributed by atoms with E-state index in [1.807, 2.05) is 20.9 Å². The third-order valence-corrected chi connectivity index (χ3v) is 4.58. The van der Waals surface area contributed by atoms with Gasteiger partial charge < -0.3 is 5.32 Å². The van der Waals surface area contributed by atoms with Crippen LogP contribution in [0.25, 0.3) is 0 Å². The van der Waals surface area contributed by atoms with E-state index in [1.54, 1.807) is 4.68 Å².